The minimum atomic E-state index is -3.52. The number of hydrogen-bond acceptors (Lipinski definition) is 4. The zero-order valence-electron chi connectivity index (χ0n) is 17.2. The molecule has 2 heterocycles. The van der Waals surface area contributed by atoms with Crippen LogP contribution in [0.3, 0.4) is 0 Å². The summed E-state index contributed by atoms with van der Waals surface area (Å²) in [6.07, 6.45) is 5.21. The van der Waals surface area contributed by atoms with Crippen molar-refractivity contribution in [3.05, 3.63) is 24.3 Å². The van der Waals surface area contributed by atoms with Crippen molar-refractivity contribution in [3.63, 3.8) is 0 Å². The van der Waals surface area contributed by atoms with Crippen molar-refractivity contribution in [3.8, 4) is 0 Å². The molecule has 156 valence electrons. The number of nitrogens with zero attached hydrogens (tertiary/aromatic N) is 2. The third-order valence-corrected chi connectivity index (χ3v) is 8.08. The maximum absolute atomic E-state index is 13.1. The Hall–Kier alpha value is -1.44. The predicted octanol–water partition coefficient (Wildman–Crippen LogP) is 3.31. The van der Waals surface area contributed by atoms with Gasteiger partial charge >= 0.3 is 0 Å². The molecule has 0 spiro atoms. The molecule has 0 bridgehead atoms. The zero-order valence-corrected chi connectivity index (χ0v) is 18.0. The quantitative estimate of drug-likeness (QED) is 0.813. The number of anilines is 1. The summed E-state index contributed by atoms with van der Waals surface area (Å²) in [5.41, 5.74) is 0.633. The number of nitrogens with one attached hydrogen (secondary N) is 1. The summed E-state index contributed by atoms with van der Waals surface area (Å²) in [4.78, 5) is 14.8. The van der Waals surface area contributed by atoms with Gasteiger partial charge in [0.05, 0.1) is 11.4 Å². The van der Waals surface area contributed by atoms with Crippen molar-refractivity contribution in [2.75, 3.05) is 25.0 Å². The van der Waals surface area contributed by atoms with Crippen LogP contribution >= 0.6 is 0 Å². The molecule has 2 saturated heterocycles. The van der Waals surface area contributed by atoms with Crippen LogP contribution in [0.4, 0.5) is 5.69 Å². The molecule has 1 amide bonds. The summed E-state index contributed by atoms with van der Waals surface area (Å²) in [6.45, 7) is 8.46. The molecule has 2 aliphatic rings. The van der Waals surface area contributed by atoms with Gasteiger partial charge in [-0.15, -0.1) is 0 Å². The Morgan fingerprint density at radius 2 is 1.68 bits per heavy atom. The van der Waals surface area contributed by atoms with E-state index < -0.39 is 10.0 Å². The van der Waals surface area contributed by atoms with Gasteiger partial charge in [-0.1, -0.05) is 13.3 Å². The summed E-state index contributed by atoms with van der Waals surface area (Å²) < 4.78 is 27.8. The standard InChI is InChI=1S/C21H33N3O3S/c1-16-6-5-13-23(14-16)15-21(25)22-19-9-11-20(12-10-19)28(26,27)24-17(2)7-4-8-18(24)3/h9-12,16-18H,4-8,13-15H2,1-3H3,(H,22,25)/t16-,17-,18-/m1/s1. The molecule has 28 heavy (non-hydrogen) atoms. The highest BCUT2D eigenvalue weighted by molar-refractivity contribution is 7.89. The van der Waals surface area contributed by atoms with Gasteiger partial charge in [-0.05, 0) is 76.3 Å². The third kappa shape index (κ3) is 4.93. The molecular formula is C21H33N3O3S. The van der Waals surface area contributed by atoms with Crippen LogP contribution in [0.2, 0.25) is 0 Å². The molecule has 0 aromatic heterocycles. The lowest BCUT2D eigenvalue weighted by Gasteiger charge is -2.37. The molecule has 1 N–H and O–H groups in total. The lowest BCUT2D eigenvalue weighted by atomic mass is 10.0. The Morgan fingerprint density at radius 3 is 2.29 bits per heavy atom. The number of piperidine rings is 2. The average Bonchev–Trinajstić information content (AvgIpc) is 2.61. The molecule has 6 nitrogen and oxygen atoms in total. The third-order valence-electron chi connectivity index (χ3n) is 5.93. The molecule has 0 aliphatic carbocycles. The SMILES string of the molecule is C[C@@H]1CCCN(CC(=O)Nc2ccc(S(=O)(=O)N3[C@H](C)CCC[C@H]3C)cc2)C1. The van der Waals surface area contributed by atoms with Gasteiger partial charge in [0.25, 0.3) is 0 Å². The van der Waals surface area contributed by atoms with Gasteiger partial charge in [-0.3, -0.25) is 9.69 Å². The van der Waals surface area contributed by atoms with Crippen LogP contribution in [0, 0.1) is 5.92 Å². The second-order valence-electron chi connectivity index (χ2n) is 8.52. The summed E-state index contributed by atoms with van der Waals surface area (Å²) in [5.74, 6) is 0.577. The van der Waals surface area contributed by atoms with Gasteiger partial charge in [0, 0.05) is 24.3 Å². The fourth-order valence-corrected chi connectivity index (χ4v) is 6.42. The molecule has 2 fully saturated rings. The molecule has 0 unspecified atom stereocenters. The van der Waals surface area contributed by atoms with Crippen molar-refractivity contribution in [1.29, 1.82) is 0 Å². The summed E-state index contributed by atoms with van der Waals surface area (Å²) in [6, 6.07) is 6.59. The molecule has 3 rings (SSSR count). The molecule has 1 aromatic carbocycles. The summed E-state index contributed by atoms with van der Waals surface area (Å²) in [5, 5.41) is 2.89. The molecule has 1 aromatic rings. The lowest BCUT2D eigenvalue weighted by molar-refractivity contribution is -0.117. The highest BCUT2D eigenvalue weighted by Gasteiger charge is 2.35. The Balaban J connectivity index is 1.63. The second kappa shape index (κ2) is 8.93. The molecule has 0 radical (unpaired) electrons. The van der Waals surface area contributed by atoms with E-state index in [0.717, 1.165) is 38.8 Å². The number of benzene rings is 1. The van der Waals surface area contributed by atoms with Crippen molar-refractivity contribution in [2.45, 2.75) is 69.9 Å². The predicted molar refractivity (Wildman–Crippen MR) is 112 cm³/mol. The lowest BCUT2D eigenvalue weighted by Crippen LogP contribution is -2.47. The zero-order chi connectivity index (χ0) is 20.3. The smallest absolute Gasteiger partial charge is 0.243 e. The highest BCUT2D eigenvalue weighted by atomic mass is 32.2. The minimum Gasteiger partial charge on any atom is -0.325 e. The number of sulfonamides is 1. The molecular weight excluding hydrogens is 374 g/mol. The number of carbonyl (C=O) groups excluding carboxylic acids is 1. The Labute approximate surface area is 169 Å². The number of likely N-dealkylation sites (tertiary alicyclic amines) is 1. The largest absolute Gasteiger partial charge is 0.325 e. The van der Waals surface area contributed by atoms with Crippen LogP contribution in [0.1, 0.15) is 52.9 Å². The molecule has 3 atom stereocenters. The van der Waals surface area contributed by atoms with E-state index in [0.29, 0.717) is 18.2 Å². The van der Waals surface area contributed by atoms with E-state index in [1.807, 2.05) is 13.8 Å². The van der Waals surface area contributed by atoms with E-state index in [1.165, 1.54) is 6.42 Å². The maximum atomic E-state index is 13.1. The molecule has 2 aliphatic heterocycles. The van der Waals surface area contributed by atoms with E-state index in [-0.39, 0.29) is 22.9 Å². The fraction of sp³-hybridized carbons (Fsp3) is 0.667. The van der Waals surface area contributed by atoms with Crippen LogP contribution in [0.5, 0.6) is 0 Å². The van der Waals surface area contributed by atoms with Gasteiger partial charge in [0.1, 0.15) is 0 Å². The topological polar surface area (TPSA) is 69.7 Å². The first-order chi connectivity index (χ1) is 13.3. The van der Waals surface area contributed by atoms with Crippen molar-refractivity contribution >= 4 is 21.6 Å². The van der Waals surface area contributed by atoms with Crippen molar-refractivity contribution in [1.82, 2.24) is 9.21 Å². The highest BCUT2D eigenvalue weighted by Crippen LogP contribution is 2.30. The van der Waals surface area contributed by atoms with Crippen LogP contribution in [0.15, 0.2) is 29.2 Å². The van der Waals surface area contributed by atoms with Crippen LogP contribution in [-0.4, -0.2) is 55.2 Å². The normalized spacial score (nSPS) is 27.5. The first-order valence-corrected chi connectivity index (χ1v) is 11.9. The Bertz CT molecular complexity index is 769. The Morgan fingerprint density at radius 1 is 1.04 bits per heavy atom. The second-order valence-corrected chi connectivity index (χ2v) is 10.4. The van der Waals surface area contributed by atoms with E-state index in [4.69, 9.17) is 0 Å². The average molecular weight is 408 g/mol. The van der Waals surface area contributed by atoms with E-state index in [2.05, 4.69) is 17.1 Å². The first-order valence-electron chi connectivity index (χ1n) is 10.4. The number of amides is 1. The number of hydrogen-bond donors (Lipinski definition) is 1. The summed E-state index contributed by atoms with van der Waals surface area (Å²) in [7, 11) is -3.52. The van der Waals surface area contributed by atoms with Crippen LogP contribution < -0.4 is 5.32 Å². The molecule has 7 heteroatoms. The maximum Gasteiger partial charge on any atom is 0.243 e. The van der Waals surface area contributed by atoms with Crippen LogP contribution in [0.25, 0.3) is 0 Å². The summed E-state index contributed by atoms with van der Waals surface area (Å²) >= 11 is 0. The minimum absolute atomic E-state index is 0.0139. The van der Waals surface area contributed by atoms with Gasteiger partial charge in [-0.25, -0.2) is 8.42 Å². The van der Waals surface area contributed by atoms with Gasteiger partial charge in [0.15, 0.2) is 0 Å². The number of rotatable bonds is 5. The van der Waals surface area contributed by atoms with Crippen molar-refractivity contribution < 1.29 is 13.2 Å². The van der Waals surface area contributed by atoms with Gasteiger partial charge in [0.2, 0.25) is 15.9 Å². The monoisotopic (exact) mass is 407 g/mol. The number of carbonyl (C=O) groups is 1. The van der Waals surface area contributed by atoms with Crippen LogP contribution in [-0.2, 0) is 14.8 Å². The first kappa shape index (κ1) is 21.3. The van der Waals surface area contributed by atoms with E-state index in [9.17, 15) is 13.2 Å². The van der Waals surface area contributed by atoms with Crippen molar-refractivity contribution in [2.24, 2.45) is 5.92 Å². The van der Waals surface area contributed by atoms with E-state index >= 15 is 0 Å². The molecule has 0 saturated carbocycles. The van der Waals surface area contributed by atoms with E-state index in [1.54, 1.807) is 28.6 Å². The van der Waals surface area contributed by atoms with Gasteiger partial charge < -0.3 is 5.32 Å². The van der Waals surface area contributed by atoms with Gasteiger partial charge in [-0.2, -0.15) is 4.31 Å². The fourth-order valence-electron chi connectivity index (χ4n) is 4.54. The Kier molecular flexibility index (Phi) is 6.78.